The van der Waals surface area contributed by atoms with Crippen LogP contribution in [0.1, 0.15) is 58.5 Å². The maximum absolute atomic E-state index is 12.9. The molecule has 0 aliphatic heterocycles. The van der Waals surface area contributed by atoms with E-state index >= 15 is 0 Å². The fourth-order valence-corrected chi connectivity index (χ4v) is 5.19. The molecule has 4 rings (SSSR count). The monoisotopic (exact) mass is 652 g/mol. The summed E-state index contributed by atoms with van der Waals surface area (Å²) in [4.78, 5) is 62.1. The van der Waals surface area contributed by atoms with Gasteiger partial charge in [0.25, 0.3) is 0 Å². The number of phosphoric ester groups is 1. The quantitative estimate of drug-likeness (QED) is 0.0655. The molecule has 0 saturated carbocycles. The van der Waals surface area contributed by atoms with Crippen LogP contribution in [0.5, 0.6) is 23.0 Å². The topological polar surface area (TPSA) is 145 Å². The molecule has 0 heterocycles. The number of hydrogen-bond donors (Lipinski definition) is 0. The number of carbonyl (C=O) groups is 4. The Balaban J connectivity index is 0.00000576. The van der Waals surface area contributed by atoms with E-state index < -0.39 is 19.8 Å². The van der Waals surface area contributed by atoms with Gasteiger partial charge in [-0.2, -0.15) is 0 Å². The summed E-state index contributed by atoms with van der Waals surface area (Å²) in [5.74, 6) is -2.99. The molecular formula is C34H30NaO10P. The largest absolute Gasteiger partial charge is 1.00 e. The van der Waals surface area contributed by atoms with E-state index in [1.165, 1.54) is 24.3 Å². The molecule has 0 atom stereocenters. The molecule has 0 aromatic heterocycles. The minimum Gasteiger partial charge on any atom is -0.736 e. The van der Waals surface area contributed by atoms with Gasteiger partial charge in [-0.1, -0.05) is 60.7 Å². The molecule has 0 aliphatic carbocycles. The second kappa shape index (κ2) is 17.0. The number of ether oxygens (including phenoxy) is 2. The Morgan fingerprint density at radius 1 is 0.609 bits per heavy atom. The van der Waals surface area contributed by atoms with Crippen molar-refractivity contribution in [1.29, 1.82) is 0 Å². The Bertz CT molecular complexity index is 1620. The first-order valence-electron chi connectivity index (χ1n) is 14.0. The molecule has 0 bridgehead atoms. The first-order chi connectivity index (χ1) is 21.5. The standard InChI is InChI=1S/C34H31O10P.Na/c1-23(35)41-33-21-27(15-17-29(33)31(37)19-13-25-9-5-3-6-10-25)43-45(39,40)44-28-16-18-30(34(22-28)42-24(2)36)32(38)20-14-26-11-7-4-8-12-26;/h3-12,15-18,21-22H,13-14,19-20H2,1-2H3,(H,39,40);/q;+1/p-1. The van der Waals surface area contributed by atoms with Crippen molar-refractivity contribution in [2.24, 2.45) is 0 Å². The predicted molar refractivity (Wildman–Crippen MR) is 163 cm³/mol. The van der Waals surface area contributed by atoms with Gasteiger partial charge in [0.05, 0.1) is 11.1 Å². The van der Waals surface area contributed by atoms with Gasteiger partial charge < -0.3 is 23.4 Å². The van der Waals surface area contributed by atoms with E-state index in [-0.39, 0.29) is 88.1 Å². The SMILES string of the molecule is CC(=O)Oc1cc(OP(=O)([O-])Oc2ccc(C(=O)CCc3ccccc3)c(OC(C)=O)c2)ccc1C(=O)CCc1ccccc1.[Na+]. The van der Waals surface area contributed by atoms with Crippen LogP contribution in [0.4, 0.5) is 0 Å². The van der Waals surface area contributed by atoms with Gasteiger partial charge in [0, 0.05) is 38.8 Å². The van der Waals surface area contributed by atoms with Crippen LogP contribution < -0.4 is 53.0 Å². The first kappa shape index (κ1) is 36.4. The minimum absolute atomic E-state index is 0. The van der Waals surface area contributed by atoms with Crippen molar-refractivity contribution in [2.75, 3.05) is 0 Å². The van der Waals surface area contributed by atoms with Crippen molar-refractivity contribution in [2.45, 2.75) is 39.5 Å². The van der Waals surface area contributed by atoms with E-state index in [0.717, 1.165) is 37.1 Å². The summed E-state index contributed by atoms with van der Waals surface area (Å²) >= 11 is 0. The number of benzene rings is 4. The molecule has 0 fully saturated rings. The van der Waals surface area contributed by atoms with Crippen LogP contribution in [0, 0.1) is 0 Å². The fourth-order valence-electron chi connectivity index (χ4n) is 4.41. The van der Waals surface area contributed by atoms with Gasteiger partial charge in [0.1, 0.15) is 23.0 Å². The molecule has 4 aromatic carbocycles. The summed E-state index contributed by atoms with van der Waals surface area (Å²) in [6.45, 7) is 2.29. The number of phosphoric acid groups is 1. The van der Waals surface area contributed by atoms with Gasteiger partial charge in [-0.15, -0.1) is 0 Å². The average molecular weight is 653 g/mol. The summed E-state index contributed by atoms with van der Waals surface area (Å²) < 4.78 is 33.3. The summed E-state index contributed by atoms with van der Waals surface area (Å²) in [6, 6.07) is 26.0. The van der Waals surface area contributed by atoms with Crippen molar-refractivity contribution in [3.05, 3.63) is 119 Å². The Kier molecular flexibility index (Phi) is 13.5. The van der Waals surface area contributed by atoms with Crippen LogP contribution in [0.2, 0.25) is 0 Å². The van der Waals surface area contributed by atoms with E-state index in [0.29, 0.717) is 12.8 Å². The van der Waals surface area contributed by atoms with E-state index in [2.05, 4.69) is 0 Å². The van der Waals surface area contributed by atoms with E-state index in [9.17, 15) is 28.6 Å². The van der Waals surface area contributed by atoms with Gasteiger partial charge in [-0.05, 0) is 48.2 Å². The van der Waals surface area contributed by atoms with Crippen molar-refractivity contribution < 1.29 is 76.7 Å². The Labute approximate surface area is 288 Å². The maximum Gasteiger partial charge on any atom is 1.00 e. The number of esters is 2. The van der Waals surface area contributed by atoms with Crippen molar-refractivity contribution in [3.63, 3.8) is 0 Å². The normalized spacial score (nSPS) is 10.7. The van der Waals surface area contributed by atoms with Crippen LogP contribution in [-0.4, -0.2) is 23.5 Å². The molecule has 0 spiro atoms. The molecule has 0 amide bonds. The molecule has 0 unspecified atom stereocenters. The van der Waals surface area contributed by atoms with Crippen LogP contribution in [0.3, 0.4) is 0 Å². The first-order valence-corrected chi connectivity index (χ1v) is 15.4. The third-order valence-electron chi connectivity index (χ3n) is 6.42. The van der Waals surface area contributed by atoms with Gasteiger partial charge >= 0.3 is 49.3 Å². The van der Waals surface area contributed by atoms with Gasteiger partial charge in [-0.3, -0.25) is 19.2 Å². The molecular weight excluding hydrogens is 622 g/mol. The number of carbonyl (C=O) groups excluding carboxylic acids is 4. The third-order valence-corrected chi connectivity index (χ3v) is 7.28. The zero-order valence-corrected chi connectivity index (χ0v) is 28.5. The second-order valence-corrected chi connectivity index (χ2v) is 11.2. The Hall–Kier alpha value is -4.05. The molecule has 46 heavy (non-hydrogen) atoms. The number of hydrogen-bond acceptors (Lipinski definition) is 10. The van der Waals surface area contributed by atoms with Crippen molar-refractivity contribution >= 4 is 31.3 Å². The summed E-state index contributed by atoms with van der Waals surface area (Å²) in [5, 5.41) is 0. The summed E-state index contributed by atoms with van der Waals surface area (Å²) in [5.41, 5.74) is 2.05. The van der Waals surface area contributed by atoms with E-state index in [4.69, 9.17) is 18.5 Å². The predicted octanol–water partition coefficient (Wildman–Crippen LogP) is 3.10. The summed E-state index contributed by atoms with van der Waals surface area (Å²) in [6.07, 6.45) is 1.15. The molecule has 0 saturated heterocycles. The Morgan fingerprint density at radius 2 is 0.978 bits per heavy atom. The number of Topliss-reactive ketones (excluding diaryl/α,β-unsaturated/α-hetero) is 2. The van der Waals surface area contributed by atoms with Gasteiger partial charge in [-0.25, -0.2) is 4.57 Å². The van der Waals surface area contributed by atoms with Gasteiger partial charge in [0.2, 0.25) is 0 Å². The molecule has 0 N–H and O–H groups in total. The second-order valence-electron chi connectivity index (χ2n) is 9.95. The van der Waals surface area contributed by atoms with Crippen LogP contribution in [0.15, 0.2) is 97.1 Å². The third kappa shape index (κ3) is 11.1. The number of aryl methyl sites for hydroxylation is 2. The van der Waals surface area contributed by atoms with Crippen LogP contribution in [-0.2, 0) is 27.0 Å². The van der Waals surface area contributed by atoms with E-state index in [1.807, 2.05) is 60.7 Å². The number of ketones is 2. The maximum atomic E-state index is 12.9. The molecule has 4 aromatic rings. The smallest absolute Gasteiger partial charge is 0.736 e. The van der Waals surface area contributed by atoms with Crippen LogP contribution >= 0.6 is 7.82 Å². The molecule has 0 aliphatic rings. The number of rotatable bonds is 14. The average Bonchev–Trinajstić information content (AvgIpc) is 2.99. The molecule has 10 nitrogen and oxygen atoms in total. The molecule has 232 valence electrons. The van der Waals surface area contributed by atoms with Crippen molar-refractivity contribution in [1.82, 2.24) is 0 Å². The molecule has 12 heteroatoms. The summed E-state index contributed by atoms with van der Waals surface area (Å²) in [7, 11) is -5.13. The van der Waals surface area contributed by atoms with Crippen molar-refractivity contribution in [3.8, 4) is 23.0 Å². The van der Waals surface area contributed by atoms with E-state index in [1.54, 1.807) is 0 Å². The van der Waals surface area contributed by atoms with Gasteiger partial charge in [0.15, 0.2) is 11.6 Å². The fraction of sp³-hybridized carbons (Fsp3) is 0.176. The minimum atomic E-state index is -5.13. The zero-order valence-electron chi connectivity index (χ0n) is 25.6. The zero-order chi connectivity index (χ0) is 32.4. The Morgan fingerprint density at radius 3 is 1.33 bits per heavy atom. The van der Waals surface area contributed by atoms with Crippen LogP contribution in [0.25, 0.3) is 0 Å². The molecule has 0 radical (unpaired) electrons.